The molecule has 0 saturated heterocycles. The van der Waals surface area contributed by atoms with Crippen LogP contribution >= 0.6 is 0 Å². The van der Waals surface area contributed by atoms with Crippen molar-refractivity contribution in [3.63, 3.8) is 0 Å². The number of aromatic nitrogens is 1. The summed E-state index contributed by atoms with van der Waals surface area (Å²) in [6.07, 6.45) is 4.68. The second-order valence-corrected chi connectivity index (χ2v) is 6.47. The van der Waals surface area contributed by atoms with E-state index in [1.54, 1.807) is 6.07 Å². The molecule has 6 heteroatoms. The summed E-state index contributed by atoms with van der Waals surface area (Å²) >= 11 is 0. The summed E-state index contributed by atoms with van der Waals surface area (Å²) in [5, 5.41) is 4.73. The zero-order valence-corrected chi connectivity index (χ0v) is 15.8. The molecule has 0 aliphatic rings. The number of carbonyl (C=O) groups is 1. The molecule has 0 aliphatic heterocycles. The summed E-state index contributed by atoms with van der Waals surface area (Å²) in [5.41, 5.74) is 4.47. The van der Waals surface area contributed by atoms with Crippen molar-refractivity contribution >= 4 is 23.0 Å². The maximum absolute atomic E-state index is 12.0. The first-order valence-corrected chi connectivity index (χ1v) is 9.31. The number of amides is 1. The Morgan fingerprint density at radius 3 is 2.75 bits per heavy atom. The molecule has 144 valence electrons. The van der Waals surface area contributed by atoms with Crippen LogP contribution in [0, 0.1) is 0 Å². The molecule has 0 unspecified atom stereocenters. The Hall–Kier alpha value is -3.41. The van der Waals surface area contributed by atoms with E-state index in [4.69, 9.17) is 4.74 Å². The molecule has 6 nitrogen and oxygen atoms in total. The predicted octanol–water partition coefficient (Wildman–Crippen LogP) is 3.40. The van der Waals surface area contributed by atoms with Gasteiger partial charge in [-0.15, -0.1) is 0 Å². The first-order valence-electron chi connectivity index (χ1n) is 9.31. The minimum absolute atomic E-state index is 0.153. The lowest BCUT2D eigenvalue weighted by molar-refractivity contribution is -0.123. The number of aromatic amines is 1. The Balaban J connectivity index is 1.51. The third-order valence-corrected chi connectivity index (χ3v) is 4.29. The number of para-hydroxylation sites is 1. The van der Waals surface area contributed by atoms with Gasteiger partial charge in [0, 0.05) is 5.52 Å². The Morgan fingerprint density at radius 1 is 1.18 bits per heavy atom. The van der Waals surface area contributed by atoms with Crippen LogP contribution in [0.4, 0.5) is 0 Å². The molecular formula is C22H23N3O3. The van der Waals surface area contributed by atoms with E-state index in [1.165, 1.54) is 11.8 Å². The number of pyridine rings is 1. The summed E-state index contributed by atoms with van der Waals surface area (Å²) in [7, 11) is 0. The fourth-order valence-corrected chi connectivity index (χ4v) is 2.75. The number of hydrazone groups is 1. The molecule has 1 aromatic heterocycles. The van der Waals surface area contributed by atoms with Gasteiger partial charge in [-0.1, -0.05) is 43.7 Å². The van der Waals surface area contributed by atoms with E-state index in [0.717, 1.165) is 30.2 Å². The molecule has 2 aromatic carbocycles. The molecule has 1 amide bonds. The molecule has 0 radical (unpaired) electrons. The third kappa shape index (κ3) is 5.30. The number of H-pyrrole nitrogens is 1. The topological polar surface area (TPSA) is 83.5 Å². The number of rotatable bonds is 8. The van der Waals surface area contributed by atoms with Gasteiger partial charge in [-0.05, 0) is 48.1 Å². The van der Waals surface area contributed by atoms with E-state index in [1.807, 2.05) is 48.5 Å². The summed E-state index contributed by atoms with van der Waals surface area (Å²) in [5.74, 6) is 0.230. The van der Waals surface area contributed by atoms with Gasteiger partial charge < -0.3 is 9.72 Å². The third-order valence-electron chi connectivity index (χ3n) is 4.29. The van der Waals surface area contributed by atoms with Crippen LogP contribution in [-0.2, 0) is 11.2 Å². The fraction of sp³-hybridized carbons (Fsp3) is 0.227. The monoisotopic (exact) mass is 377 g/mol. The van der Waals surface area contributed by atoms with E-state index in [0.29, 0.717) is 11.3 Å². The number of nitrogens with zero attached hydrogens (tertiary/aromatic N) is 1. The molecule has 1 heterocycles. The van der Waals surface area contributed by atoms with Gasteiger partial charge in [0.1, 0.15) is 5.75 Å². The van der Waals surface area contributed by atoms with Crippen molar-refractivity contribution in [2.75, 3.05) is 6.61 Å². The molecule has 0 spiro atoms. The van der Waals surface area contributed by atoms with E-state index in [2.05, 4.69) is 22.4 Å². The van der Waals surface area contributed by atoms with Gasteiger partial charge in [-0.2, -0.15) is 5.10 Å². The standard InChI is InChI=1S/C22H23N3O3/c1-2-3-6-16-9-11-19(12-10-16)28-15-21(26)25-23-14-18-13-17-7-4-5-8-20(17)24-22(18)27/h4-5,7-14H,2-3,6,15H2,1H3,(H,24,27)(H,25,26). The molecule has 3 rings (SSSR count). The van der Waals surface area contributed by atoms with Crippen molar-refractivity contribution in [2.24, 2.45) is 5.10 Å². The Kier molecular flexibility index (Phi) is 6.57. The van der Waals surface area contributed by atoms with Crippen LogP contribution in [0.3, 0.4) is 0 Å². The highest BCUT2D eigenvalue weighted by Crippen LogP contribution is 2.14. The first-order chi connectivity index (χ1) is 13.7. The van der Waals surface area contributed by atoms with Crippen LogP contribution in [0.15, 0.2) is 64.5 Å². The van der Waals surface area contributed by atoms with E-state index < -0.39 is 5.91 Å². The Bertz CT molecular complexity index is 1020. The van der Waals surface area contributed by atoms with Crippen molar-refractivity contribution in [1.82, 2.24) is 10.4 Å². The highest BCUT2D eigenvalue weighted by Gasteiger charge is 2.03. The van der Waals surface area contributed by atoms with E-state index >= 15 is 0 Å². The highest BCUT2D eigenvalue weighted by atomic mass is 16.5. The summed E-state index contributed by atoms with van der Waals surface area (Å²) in [4.78, 5) is 26.7. The summed E-state index contributed by atoms with van der Waals surface area (Å²) in [6, 6.07) is 16.9. The second-order valence-electron chi connectivity index (χ2n) is 6.47. The number of hydrogen-bond donors (Lipinski definition) is 2. The number of carbonyl (C=O) groups excluding carboxylic acids is 1. The fourth-order valence-electron chi connectivity index (χ4n) is 2.75. The maximum atomic E-state index is 12.0. The highest BCUT2D eigenvalue weighted by molar-refractivity contribution is 5.88. The number of benzene rings is 2. The van der Waals surface area contributed by atoms with Gasteiger partial charge >= 0.3 is 0 Å². The van der Waals surface area contributed by atoms with Crippen molar-refractivity contribution < 1.29 is 9.53 Å². The van der Waals surface area contributed by atoms with Crippen LogP contribution in [0.25, 0.3) is 10.9 Å². The molecule has 0 bridgehead atoms. The lowest BCUT2D eigenvalue weighted by Crippen LogP contribution is -2.25. The van der Waals surface area contributed by atoms with E-state index in [9.17, 15) is 9.59 Å². The van der Waals surface area contributed by atoms with Crippen LogP contribution < -0.4 is 15.7 Å². The Morgan fingerprint density at radius 2 is 1.96 bits per heavy atom. The van der Waals surface area contributed by atoms with Crippen LogP contribution in [0.1, 0.15) is 30.9 Å². The predicted molar refractivity (Wildman–Crippen MR) is 111 cm³/mol. The van der Waals surface area contributed by atoms with Gasteiger partial charge in [0.15, 0.2) is 6.61 Å². The molecule has 28 heavy (non-hydrogen) atoms. The minimum Gasteiger partial charge on any atom is -0.484 e. The number of ether oxygens (including phenoxy) is 1. The number of nitrogens with one attached hydrogen (secondary N) is 2. The van der Waals surface area contributed by atoms with Crippen molar-refractivity contribution in [3.8, 4) is 5.75 Å². The molecule has 0 saturated carbocycles. The van der Waals surface area contributed by atoms with Crippen molar-refractivity contribution in [3.05, 3.63) is 76.1 Å². The minimum atomic E-state index is -0.400. The zero-order chi connectivity index (χ0) is 19.8. The van der Waals surface area contributed by atoms with Crippen molar-refractivity contribution in [2.45, 2.75) is 26.2 Å². The largest absolute Gasteiger partial charge is 0.484 e. The normalized spacial score (nSPS) is 11.0. The zero-order valence-electron chi connectivity index (χ0n) is 15.8. The number of hydrogen-bond acceptors (Lipinski definition) is 4. The molecule has 2 N–H and O–H groups in total. The maximum Gasteiger partial charge on any atom is 0.277 e. The molecule has 0 aliphatic carbocycles. The van der Waals surface area contributed by atoms with Gasteiger partial charge in [0.2, 0.25) is 0 Å². The number of fused-ring (bicyclic) bond motifs is 1. The molecule has 0 atom stereocenters. The quantitative estimate of drug-likeness (QED) is 0.466. The van der Waals surface area contributed by atoms with Gasteiger partial charge in [-0.3, -0.25) is 9.59 Å². The number of aryl methyl sites for hydroxylation is 1. The average Bonchev–Trinajstić information content (AvgIpc) is 2.72. The Labute approximate surface area is 163 Å². The molecule has 3 aromatic rings. The van der Waals surface area contributed by atoms with Crippen LogP contribution in [0.2, 0.25) is 0 Å². The van der Waals surface area contributed by atoms with E-state index in [-0.39, 0.29) is 12.2 Å². The van der Waals surface area contributed by atoms with Gasteiger partial charge in [0.05, 0.1) is 11.8 Å². The molecule has 0 fully saturated rings. The lowest BCUT2D eigenvalue weighted by Gasteiger charge is -2.06. The summed E-state index contributed by atoms with van der Waals surface area (Å²) < 4.78 is 5.46. The van der Waals surface area contributed by atoms with Crippen LogP contribution in [-0.4, -0.2) is 23.7 Å². The average molecular weight is 377 g/mol. The second kappa shape index (κ2) is 9.50. The van der Waals surface area contributed by atoms with Gasteiger partial charge in [-0.25, -0.2) is 5.43 Å². The first kappa shape index (κ1) is 19.4. The van der Waals surface area contributed by atoms with Gasteiger partial charge in [0.25, 0.3) is 11.5 Å². The lowest BCUT2D eigenvalue weighted by atomic mass is 10.1. The summed E-state index contributed by atoms with van der Waals surface area (Å²) in [6.45, 7) is 2.01. The smallest absolute Gasteiger partial charge is 0.277 e. The van der Waals surface area contributed by atoms with Crippen LogP contribution in [0.5, 0.6) is 5.75 Å². The molecular weight excluding hydrogens is 354 g/mol. The SMILES string of the molecule is CCCCc1ccc(OCC(=O)NN=Cc2cc3ccccc3[nH]c2=O)cc1. The van der Waals surface area contributed by atoms with Crippen molar-refractivity contribution in [1.29, 1.82) is 0 Å². The number of unbranched alkanes of at least 4 members (excludes halogenated alkanes) is 1.